The van der Waals surface area contributed by atoms with Gasteiger partial charge >= 0.3 is 0 Å². The monoisotopic (exact) mass is 223 g/mol. The second kappa shape index (κ2) is 4.83. The highest BCUT2D eigenvalue weighted by molar-refractivity contribution is 6.01. The summed E-state index contributed by atoms with van der Waals surface area (Å²) >= 11 is 0. The number of hydrogen-bond acceptors (Lipinski definition) is 3. The van der Waals surface area contributed by atoms with Crippen LogP contribution < -0.4 is 4.90 Å². The van der Waals surface area contributed by atoms with Gasteiger partial charge in [-0.15, -0.1) is 0 Å². The normalized spacial score (nSPS) is 10.0. The molecule has 0 saturated heterocycles. The number of ketones is 1. The Balaban J connectivity index is 3.29. The van der Waals surface area contributed by atoms with E-state index in [-0.39, 0.29) is 23.8 Å². The van der Waals surface area contributed by atoms with Crippen LogP contribution in [0, 0.1) is 12.7 Å². The van der Waals surface area contributed by atoms with Gasteiger partial charge < -0.3 is 0 Å². The molecule has 0 spiro atoms. The number of pyridine rings is 1. The molecule has 85 valence electrons. The van der Waals surface area contributed by atoms with E-state index in [1.54, 1.807) is 6.92 Å². The van der Waals surface area contributed by atoms with Crippen molar-refractivity contribution in [2.75, 3.05) is 11.4 Å². The van der Waals surface area contributed by atoms with E-state index < -0.39 is 11.6 Å². The van der Waals surface area contributed by atoms with Crippen LogP contribution >= 0.6 is 0 Å². The van der Waals surface area contributed by atoms with Crippen molar-refractivity contribution in [2.45, 2.75) is 13.8 Å². The predicted octanol–water partition coefficient (Wildman–Crippen LogP) is 1.61. The average Bonchev–Trinajstić information content (AvgIpc) is 2.20. The number of rotatable bonds is 3. The Labute approximate surface area is 93.1 Å². The number of amides is 1. The first-order chi connectivity index (χ1) is 7.49. The van der Waals surface area contributed by atoms with E-state index in [1.807, 2.05) is 0 Å². The van der Waals surface area contributed by atoms with E-state index in [9.17, 15) is 14.0 Å². The molecule has 0 N–H and O–H groups in total. The number of carbonyl (C=O) groups is 2. The van der Waals surface area contributed by atoms with E-state index >= 15 is 0 Å². The van der Waals surface area contributed by atoms with Gasteiger partial charge in [0.2, 0.25) is 5.91 Å². The Hall–Kier alpha value is -1.78. The van der Waals surface area contributed by atoms with E-state index in [0.29, 0.717) is 0 Å². The quantitative estimate of drug-likeness (QED) is 0.731. The average molecular weight is 223 g/mol. The van der Waals surface area contributed by atoms with Crippen molar-refractivity contribution in [3.05, 3.63) is 30.6 Å². The van der Waals surface area contributed by atoms with Gasteiger partial charge in [0.25, 0.3) is 0 Å². The first-order valence-corrected chi connectivity index (χ1v) is 4.78. The maximum Gasteiger partial charge on any atom is 0.225 e. The molecule has 1 aromatic rings. The number of nitrogens with zero attached hydrogens (tertiary/aromatic N) is 2. The van der Waals surface area contributed by atoms with E-state index in [0.717, 1.165) is 4.90 Å². The minimum Gasteiger partial charge on any atom is -0.295 e. The van der Waals surface area contributed by atoms with Crippen molar-refractivity contribution in [3.8, 4) is 0 Å². The standard InChI is InChI=1S/C11H12FN2O2/c1-4-14(8(3)16)11-10(12)9(7(2)15)5-6-13-11/h5-6H,2,4H2,1,3H3. The first-order valence-electron chi connectivity index (χ1n) is 4.78. The maximum absolute atomic E-state index is 13.8. The molecule has 4 nitrogen and oxygen atoms in total. The Morgan fingerprint density at radius 2 is 2.19 bits per heavy atom. The van der Waals surface area contributed by atoms with Gasteiger partial charge in [-0.25, -0.2) is 9.37 Å². The molecule has 0 fully saturated rings. The Morgan fingerprint density at radius 3 is 2.62 bits per heavy atom. The van der Waals surface area contributed by atoms with Crippen molar-refractivity contribution >= 4 is 17.5 Å². The van der Waals surface area contributed by atoms with Gasteiger partial charge in [0.1, 0.15) is 0 Å². The molecule has 1 rings (SSSR count). The molecule has 0 aliphatic rings. The van der Waals surface area contributed by atoms with Crippen molar-refractivity contribution in [1.29, 1.82) is 0 Å². The van der Waals surface area contributed by atoms with Gasteiger partial charge in [-0.2, -0.15) is 0 Å². The van der Waals surface area contributed by atoms with Crippen molar-refractivity contribution < 1.29 is 14.0 Å². The fourth-order valence-electron chi connectivity index (χ4n) is 1.36. The second-order valence-electron chi connectivity index (χ2n) is 3.18. The van der Waals surface area contributed by atoms with E-state index in [1.165, 1.54) is 19.2 Å². The molecule has 5 heteroatoms. The van der Waals surface area contributed by atoms with Gasteiger partial charge in [-0.05, 0) is 13.0 Å². The summed E-state index contributed by atoms with van der Waals surface area (Å²) in [5.74, 6) is -1.91. The molecule has 0 bridgehead atoms. The van der Waals surface area contributed by atoms with Gasteiger partial charge in [0.15, 0.2) is 17.4 Å². The Bertz CT molecular complexity index is 432. The van der Waals surface area contributed by atoms with Crippen LogP contribution in [-0.4, -0.2) is 23.2 Å². The number of halogens is 1. The molecule has 0 aliphatic heterocycles. The Morgan fingerprint density at radius 1 is 1.56 bits per heavy atom. The number of carbonyl (C=O) groups excluding carboxylic acids is 2. The minimum atomic E-state index is -0.806. The van der Waals surface area contributed by atoms with Crippen LogP contribution in [-0.2, 0) is 4.79 Å². The lowest BCUT2D eigenvalue weighted by Crippen LogP contribution is -2.30. The fourth-order valence-corrected chi connectivity index (χ4v) is 1.36. The second-order valence-corrected chi connectivity index (χ2v) is 3.18. The molecule has 1 heterocycles. The maximum atomic E-state index is 13.8. The van der Waals surface area contributed by atoms with Crippen molar-refractivity contribution in [3.63, 3.8) is 0 Å². The molecular formula is C11H12FN2O2. The van der Waals surface area contributed by atoms with Crippen LogP contribution in [0.15, 0.2) is 12.3 Å². The number of hydrogen-bond donors (Lipinski definition) is 0. The molecule has 0 saturated carbocycles. The van der Waals surface area contributed by atoms with Crippen molar-refractivity contribution in [2.24, 2.45) is 0 Å². The topological polar surface area (TPSA) is 50.3 Å². The SMILES string of the molecule is [CH2]C(=O)c1ccnc(N(CC)C(C)=O)c1F. The summed E-state index contributed by atoms with van der Waals surface area (Å²) in [7, 11) is 0. The summed E-state index contributed by atoms with van der Waals surface area (Å²) in [5.41, 5.74) is -0.162. The summed E-state index contributed by atoms with van der Waals surface area (Å²) in [6, 6.07) is 1.24. The van der Waals surface area contributed by atoms with Gasteiger partial charge in [0, 0.05) is 26.6 Å². The van der Waals surface area contributed by atoms with E-state index in [4.69, 9.17) is 0 Å². The largest absolute Gasteiger partial charge is 0.295 e. The van der Waals surface area contributed by atoms with Crippen LogP contribution in [0.2, 0.25) is 0 Å². The van der Waals surface area contributed by atoms with Gasteiger partial charge in [-0.1, -0.05) is 0 Å². The first kappa shape index (κ1) is 12.3. The summed E-state index contributed by atoms with van der Waals surface area (Å²) in [6.07, 6.45) is 1.28. The molecule has 0 atom stereocenters. The third-order valence-electron chi connectivity index (χ3n) is 2.12. The van der Waals surface area contributed by atoms with E-state index in [2.05, 4.69) is 11.9 Å². The number of aromatic nitrogens is 1. The number of Topliss-reactive ketones (excluding diaryl/α,β-unsaturated/α-hetero) is 1. The molecule has 0 unspecified atom stereocenters. The zero-order chi connectivity index (χ0) is 12.3. The lowest BCUT2D eigenvalue weighted by Gasteiger charge is -2.18. The predicted molar refractivity (Wildman–Crippen MR) is 57.6 cm³/mol. The highest BCUT2D eigenvalue weighted by Gasteiger charge is 2.19. The summed E-state index contributed by atoms with van der Waals surface area (Å²) in [6.45, 7) is 6.42. The van der Waals surface area contributed by atoms with Crippen LogP contribution in [0.5, 0.6) is 0 Å². The molecular weight excluding hydrogens is 211 g/mol. The summed E-state index contributed by atoms with van der Waals surface area (Å²) in [4.78, 5) is 27.2. The molecule has 0 aliphatic carbocycles. The van der Waals surface area contributed by atoms with Gasteiger partial charge in [0.05, 0.1) is 5.56 Å². The molecule has 1 aromatic heterocycles. The lowest BCUT2D eigenvalue weighted by molar-refractivity contribution is -0.116. The Kier molecular flexibility index (Phi) is 3.71. The molecule has 1 radical (unpaired) electrons. The molecule has 0 aromatic carbocycles. The van der Waals surface area contributed by atoms with Crippen LogP contribution in [0.25, 0.3) is 0 Å². The smallest absolute Gasteiger partial charge is 0.225 e. The molecule has 1 amide bonds. The van der Waals surface area contributed by atoms with Crippen LogP contribution in [0.3, 0.4) is 0 Å². The van der Waals surface area contributed by atoms with Crippen molar-refractivity contribution in [1.82, 2.24) is 4.98 Å². The highest BCUT2D eigenvalue weighted by atomic mass is 19.1. The third kappa shape index (κ3) is 2.24. The number of anilines is 1. The van der Waals surface area contributed by atoms with Crippen LogP contribution in [0.4, 0.5) is 10.2 Å². The van der Waals surface area contributed by atoms with Crippen LogP contribution in [0.1, 0.15) is 24.2 Å². The molecule has 16 heavy (non-hydrogen) atoms. The summed E-state index contributed by atoms with van der Waals surface area (Å²) in [5, 5.41) is 0. The summed E-state index contributed by atoms with van der Waals surface area (Å²) < 4.78 is 13.8. The lowest BCUT2D eigenvalue weighted by atomic mass is 10.2. The zero-order valence-electron chi connectivity index (χ0n) is 9.16. The zero-order valence-corrected chi connectivity index (χ0v) is 9.16. The minimum absolute atomic E-state index is 0.135. The fraction of sp³-hybridized carbons (Fsp3) is 0.273. The van der Waals surface area contributed by atoms with Gasteiger partial charge in [-0.3, -0.25) is 14.5 Å². The third-order valence-corrected chi connectivity index (χ3v) is 2.12. The highest BCUT2D eigenvalue weighted by Crippen LogP contribution is 2.19.